The number of nitrogens with one attached hydrogen (secondary N) is 1. The second-order valence-electron chi connectivity index (χ2n) is 6.66. The highest BCUT2D eigenvalue weighted by atomic mass is 16.5. The summed E-state index contributed by atoms with van der Waals surface area (Å²) in [6.07, 6.45) is 5.57. The monoisotopic (exact) mass is 375 g/mol. The molecule has 1 amide bonds. The number of pyridine rings is 1. The first kappa shape index (κ1) is 17.9. The Balaban J connectivity index is 1.62. The molecule has 3 heterocycles. The zero-order chi connectivity index (χ0) is 19.5. The van der Waals surface area contributed by atoms with Crippen LogP contribution in [-0.2, 0) is 4.79 Å². The van der Waals surface area contributed by atoms with E-state index in [2.05, 4.69) is 32.9 Å². The molecule has 0 bridgehead atoms. The SMILES string of the molecule is C=CC(=O)N1CC[C@H](Nc2ncnc3ccc(-c4ccc(OC)nc4)cc23)C1. The number of carbonyl (C=O) groups excluding carboxylic acids is 1. The third kappa shape index (κ3) is 3.51. The van der Waals surface area contributed by atoms with Crippen molar-refractivity contribution in [2.45, 2.75) is 12.5 Å². The van der Waals surface area contributed by atoms with Gasteiger partial charge in [0.05, 0.1) is 12.6 Å². The van der Waals surface area contributed by atoms with Gasteiger partial charge in [-0.15, -0.1) is 0 Å². The molecule has 0 unspecified atom stereocenters. The molecular weight excluding hydrogens is 354 g/mol. The highest BCUT2D eigenvalue weighted by molar-refractivity contribution is 5.92. The second kappa shape index (κ2) is 7.64. The first-order chi connectivity index (χ1) is 13.7. The molecule has 1 atom stereocenters. The maximum Gasteiger partial charge on any atom is 0.246 e. The molecule has 0 aliphatic carbocycles. The van der Waals surface area contributed by atoms with E-state index in [9.17, 15) is 4.79 Å². The van der Waals surface area contributed by atoms with Gasteiger partial charge in [0, 0.05) is 42.3 Å². The van der Waals surface area contributed by atoms with Gasteiger partial charge in [0.2, 0.25) is 11.8 Å². The molecule has 1 N–H and O–H groups in total. The Bertz CT molecular complexity index is 1020. The molecule has 0 spiro atoms. The minimum absolute atomic E-state index is 0.0360. The first-order valence-electron chi connectivity index (χ1n) is 9.11. The molecule has 1 aromatic carbocycles. The second-order valence-corrected chi connectivity index (χ2v) is 6.66. The molecule has 28 heavy (non-hydrogen) atoms. The summed E-state index contributed by atoms with van der Waals surface area (Å²) in [5, 5.41) is 4.41. The van der Waals surface area contributed by atoms with Crippen molar-refractivity contribution in [1.82, 2.24) is 19.9 Å². The van der Waals surface area contributed by atoms with Crippen LogP contribution in [0, 0.1) is 0 Å². The number of nitrogens with zero attached hydrogens (tertiary/aromatic N) is 4. The number of amides is 1. The van der Waals surface area contributed by atoms with Crippen LogP contribution in [0.5, 0.6) is 5.88 Å². The van der Waals surface area contributed by atoms with E-state index in [0.717, 1.165) is 34.3 Å². The van der Waals surface area contributed by atoms with Gasteiger partial charge in [-0.25, -0.2) is 15.0 Å². The number of aromatic nitrogens is 3. The van der Waals surface area contributed by atoms with E-state index in [-0.39, 0.29) is 11.9 Å². The maximum atomic E-state index is 11.8. The quantitative estimate of drug-likeness (QED) is 0.691. The molecule has 0 radical (unpaired) electrons. The smallest absolute Gasteiger partial charge is 0.246 e. The van der Waals surface area contributed by atoms with Gasteiger partial charge < -0.3 is 15.0 Å². The van der Waals surface area contributed by atoms with Gasteiger partial charge in [-0.2, -0.15) is 0 Å². The Morgan fingerprint density at radius 3 is 2.86 bits per heavy atom. The number of ether oxygens (including phenoxy) is 1. The van der Waals surface area contributed by atoms with Crippen LogP contribution < -0.4 is 10.1 Å². The number of anilines is 1. The van der Waals surface area contributed by atoms with Gasteiger partial charge >= 0.3 is 0 Å². The largest absolute Gasteiger partial charge is 0.481 e. The molecule has 4 rings (SSSR count). The van der Waals surface area contributed by atoms with Gasteiger partial charge in [0.1, 0.15) is 12.1 Å². The number of methoxy groups -OCH3 is 1. The molecular formula is C21H21N5O2. The van der Waals surface area contributed by atoms with Crippen molar-refractivity contribution in [3.05, 3.63) is 55.5 Å². The van der Waals surface area contributed by atoms with Crippen LogP contribution in [0.2, 0.25) is 0 Å². The van der Waals surface area contributed by atoms with Crippen molar-refractivity contribution in [3.63, 3.8) is 0 Å². The topological polar surface area (TPSA) is 80.2 Å². The van der Waals surface area contributed by atoms with E-state index in [0.29, 0.717) is 19.0 Å². The summed E-state index contributed by atoms with van der Waals surface area (Å²) in [4.78, 5) is 26.7. The van der Waals surface area contributed by atoms with Crippen molar-refractivity contribution in [1.29, 1.82) is 0 Å². The van der Waals surface area contributed by atoms with Crippen LogP contribution in [-0.4, -0.2) is 52.0 Å². The van der Waals surface area contributed by atoms with Crippen molar-refractivity contribution < 1.29 is 9.53 Å². The number of hydrogen-bond acceptors (Lipinski definition) is 6. The molecule has 1 aliphatic heterocycles. The van der Waals surface area contributed by atoms with Crippen molar-refractivity contribution in [2.24, 2.45) is 0 Å². The van der Waals surface area contributed by atoms with Crippen LogP contribution in [0.25, 0.3) is 22.0 Å². The van der Waals surface area contributed by atoms with Gasteiger partial charge in [-0.1, -0.05) is 12.6 Å². The average Bonchev–Trinajstić information content (AvgIpc) is 3.22. The average molecular weight is 375 g/mol. The van der Waals surface area contributed by atoms with E-state index in [1.165, 1.54) is 6.08 Å². The van der Waals surface area contributed by atoms with Crippen LogP contribution in [0.15, 0.2) is 55.5 Å². The lowest BCUT2D eigenvalue weighted by Crippen LogP contribution is -2.30. The van der Waals surface area contributed by atoms with Crippen LogP contribution in [0.4, 0.5) is 5.82 Å². The van der Waals surface area contributed by atoms with Gasteiger partial charge in [0.15, 0.2) is 0 Å². The first-order valence-corrected chi connectivity index (χ1v) is 9.11. The van der Waals surface area contributed by atoms with E-state index < -0.39 is 0 Å². The van der Waals surface area contributed by atoms with Crippen molar-refractivity contribution in [3.8, 4) is 17.0 Å². The third-order valence-electron chi connectivity index (χ3n) is 4.93. The number of carbonyl (C=O) groups is 1. The summed E-state index contributed by atoms with van der Waals surface area (Å²) in [6, 6.07) is 10.0. The Morgan fingerprint density at radius 1 is 1.25 bits per heavy atom. The molecule has 7 nitrogen and oxygen atoms in total. The lowest BCUT2D eigenvalue weighted by molar-refractivity contribution is -0.125. The maximum absolute atomic E-state index is 11.8. The van der Waals surface area contributed by atoms with Crippen LogP contribution in [0.1, 0.15) is 6.42 Å². The predicted octanol–water partition coefficient (Wildman–Crippen LogP) is 2.90. The lowest BCUT2D eigenvalue weighted by atomic mass is 10.0. The zero-order valence-electron chi connectivity index (χ0n) is 15.6. The summed E-state index contributed by atoms with van der Waals surface area (Å²) >= 11 is 0. The fourth-order valence-electron chi connectivity index (χ4n) is 3.42. The molecule has 1 fully saturated rings. The number of likely N-dealkylation sites (tertiary alicyclic amines) is 1. The fraction of sp³-hybridized carbons (Fsp3) is 0.238. The minimum Gasteiger partial charge on any atom is -0.481 e. The van der Waals surface area contributed by atoms with E-state index >= 15 is 0 Å². The highest BCUT2D eigenvalue weighted by Gasteiger charge is 2.25. The third-order valence-corrected chi connectivity index (χ3v) is 4.93. The Morgan fingerprint density at radius 2 is 2.11 bits per heavy atom. The van der Waals surface area contributed by atoms with E-state index in [1.807, 2.05) is 24.3 Å². The lowest BCUT2D eigenvalue weighted by Gasteiger charge is -2.16. The normalized spacial score (nSPS) is 16.2. The van der Waals surface area contributed by atoms with Crippen LogP contribution in [0.3, 0.4) is 0 Å². The Hall–Kier alpha value is -3.48. The predicted molar refractivity (Wildman–Crippen MR) is 108 cm³/mol. The summed E-state index contributed by atoms with van der Waals surface area (Å²) < 4.78 is 5.13. The molecule has 7 heteroatoms. The van der Waals surface area contributed by atoms with Gasteiger partial charge in [0.25, 0.3) is 0 Å². The number of rotatable bonds is 5. The van der Waals surface area contributed by atoms with Gasteiger partial charge in [-0.3, -0.25) is 4.79 Å². The molecule has 3 aromatic rings. The van der Waals surface area contributed by atoms with Crippen molar-refractivity contribution in [2.75, 3.05) is 25.5 Å². The Labute approximate surface area is 163 Å². The number of benzene rings is 1. The molecule has 1 saturated heterocycles. The van der Waals surface area contributed by atoms with Gasteiger partial charge in [-0.05, 0) is 36.3 Å². The molecule has 2 aromatic heterocycles. The highest BCUT2D eigenvalue weighted by Crippen LogP contribution is 2.28. The zero-order valence-corrected chi connectivity index (χ0v) is 15.6. The summed E-state index contributed by atoms with van der Waals surface area (Å²) in [6.45, 7) is 4.91. The Kier molecular flexibility index (Phi) is 4.89. The fourth-order valence-corrected chi connectivity index (χ4v) is 3.42. The van der Waals surface area contributed by atoms with Crippen LogP contribution >= 0.6 is 0 Å². The molecule has 142 valence electrons. The van der Waals surface area contributed by atoms with E-state index in [1.54, 1.807) is 24.5 Å². The van der Waals surface area contributed by atoms with E-state index in [4.69, 9.17) is 4.74 Å². The van der Waals surface area contributed by atoms with Crippen molar-refractivity contribution >= 4 is 22.6 Å². The summed E-state index contributed by atoms with van der Waals surface area (Å²) in [5.41, 5.74) is 2.87. The minimum atomic E-state index is -0.0360. The standard InChI is InChI=1S/C21H21N5O2/c1-3-20(27)26-9-8-16(12-26)25-21-17-10-14(4-6-18(17)23-13-24-21)15-5-7-19(28-2)22-11-15/h3-7,10-11,13,16H,1,8-9,12H2,2H3,(H,23,24,25)/t16-/m0/s1. The summed E-state index contributed by atoms with van der Waals surface area (Å²) in [7, 11) is 1.60. The number of fused-ring (bicyclic) bond motifs is 1. The summed E-state index contributed by atoms with van der Waals surface area (Å²) in [5.74, 6) is 1.31. The molecule has 1 aliphatic rings. The molecule has 0 saturated carbocycles. The number of hydrogen-bond donors (Lipinski definition) is 1.